The Bertz CT molecular complexity index is 125. The Kier molecular flexibility index (Phi) is 0.934. The largest absolute Gasteiger partial charge is 0.465 e. The van der Waals surface area contributed by atoms with Crippen LogP contribution in [0.1, 0.15) is 0 Å². The van der Waals surface area contributed by atoms with Crippen molar-refractivity contribution in [1.29, 1.82) is 0 Å². The van der Waals surface area contributed by atoms with Crippen molar-refractivity contribution in [3.05, 3.63) is 6.39 Å². The van der Waals surface area contributed by atoms with Crippen LogP contribution in [-0.2, 0) is 0 Å². The van der Waals surface area contributed by atoms with Gasteiger partial charge in [0, 0.05) is 0 Å². The summed E-state index contributed by atoms with van der Waals surface area (Å²) in [5.41, 5.74) is 0. The third-order valence-electron chi connectivity index (χ3n) is 0.524. The molecular weight excluding hydrogens is 96.0 g/mol. The molecule has 0 amide bonds. The lowest BCUT2D eigenvalue weighted by molar-refractivity contribution is 0.336. The summed E-state index contributed by atoms with van der Waals surface area (Å²) in [7, 11) is 1.48. The first-order valence-electron chi connectivity index (χ1n) is 1.74. The zero-order chi connectivity index (χ0) is 5.11. The van der Waals surface area contributed by atoms with Crippen LogP contribution in [0.4, 0.5) is 0 Å². The average molecular weight is 100 g/mol. The molecule has 0 aromatic carbocycles. The maximum atomic E-state index is 4.54. The van der Waals surface area contributed by atoms with Crippen molar-refractivity contribution in [2.24, 2.45) is 0 Å². The van der Waals surface area contributed by atoms with E-state index in [4.69, 9.17) is 0 Å². The molecule has 0 atom stereocenters. The molecule has 7 heavy (non-hydrogen) atoms. The summed E-state index contributed by atoms with van der Waals surface area (Å²) in [5.74, 6) is 0. The highest BCUT2D eigenvalue weighted by molar-refractivity contribution is 4.81. The number of hydrogen-bond acceptors (Lipinski definition) is 4. The molecule has 0 N–H and O–H groups in total. The van der Waals surface area contributed by atoms with Crippen molar-refractivity contribution in [2.45, 2.75) is 0 Å². The van der Waals surface area contributed by atoms with Gasteiger partial charge in [-0.3, -0.25) is 0 Å². The molecule has 4 nitrogen and oxygen atoms in total. The van der Waals surface area contributed by atoms with Crippen LogP contribution in [0.25, 0.3) is 0 Å². The lowest BCUT2D eigenvalue weighted by atomic mass is 11.2. The smallest absolute Gasteiger partial charge is 0.353 e. The SMILES string of the molecule is COc1ncon1. The highest BCUT2D eigenvalue weighted by Gasteiger charge is 1.89. The monoisotopic (exact) mass is 100 g/mol. The van der Waals surface area contributed by atoms with E-state index in [0.717, 1.165) is 0 Å². The van der Waals surface area contributed by atoms with Crippen LogP contribution in [0.3, 0.4) is 0 Å². The quantitative estimate of drug-likeness (QED) is 0.501. The summed E-state index contributed by atoms with van der Waals surface area (Å²) < 4.78 is 8.86. The summed E-state index contributed by atoms with van der Waals surface area (Å²) in [6.07, 6.45) is 1.21. The average Bonchev–Trinajstić information content (AvgIpc) is 2.14. The fraction of sp³-hybridized carbons (Fsp3) is 0.333. The minimum absolute atomic E-state index is 0.264. The van der Waals surface area contributed by atoms with Gasteiger partial charge in [-0.1, -0.05) is 0 Å². The first-order chi connectivity index (χ1) is 3.43. The van der Waals surface area contributed by atoms with Crippen molar-refractivity contribution in [3.8, 4) is 6.01 Å². The van der Waals surface area contributed by atoms with E-state index in [0.29, 0.717) is 0 Å². The molecule has 4 heteroatoms. The van der Waals surface area contributed by atoms with Crippen LogP contribution in [-0.4, -0.2) is 17.3 Å². The zero-order valence-electron chi connectivity index (χ0n) is 3.79. The number of ether oxygens (including phenoxy) is 1. The van der Waals surface area contributed by atoms with E-state index in [1.807, 2.05) is 0 Å². The Morgan fingerprint density at radius 2 is 2.71 bits per heavy atom. The molecule has 1 aromatic heterocycles. The summed E-state index contributed by atoms with van der Waals surface area (Å²) in [6.45, 7) is 0. The third-order valence-corrected chi connectivity index (χ3v) is 0.524. The maximum Gasteiger partial charge on any atom is 0.353 e. The van der Waals surface area contributed by atoms with E-state index < -0.39 is 0 Å². The van der Waals surface area contributed by atoms with E-state index in [-0.39, 0.29) is 6.01 Å². The van der Waals surface area contributed by atoms with Crippen molar-refractivity contribution < 1.29 is 9.26 Å². The van der Waals surface area contributed by atoms with Crippen molar-refractivity contribution in [3.63, 3.8) is 0 Å². The van der Waals surface area contributed by atoms with Gasteiger partial charge in [-0.25, -0.2) is 0 Å². The molecule has 1 rings (SSSR count). The molecule has 0 radical (unpaired) electrons. The number of hydrogen-bond donors (Lipinski definition) is 0. The molecule has 0 aliphatic heterocycles. The summed E-state index contributed by atoms with van der Waals surface area (Å²) in [4.78, 5) is 3.53. The van der Waals surface area contributed by atoms with Crippen LogP contribution < -0.4 is 4.74 Å². The number of rotatable bonds is 1. The molecule has 0 aliphatic carbocycles. The van der Waals surface area contributed by atoms with Gasteiger partial charge in [0.15, 0.2) is 0 Å². The predicted molar refractivity (Wildman–Crippen MR) is 20.8 cm³/mol. The molecule has 0 unspecified atom stereocenters. The second-order valence-corrected chi connectivity index (χ2v) is 0.918. The predicted octanol–water partition coefficient (Wildman–Crippen LogP) is 0.0782. The van der Waals surface area contributed by atoms with Crippen LogP contribution in [0.5, 0.6) is 6.01 Å². The molecule has 1 aromatic rings. The lowest BCUT2D eigenvalue weighted by Crippen LogP contribution is -1.81. The van der Waals surface area contributed by atoms with Gasteiger partial charge < -0.3 is 9.26 Å². The van der Waals surface area contributed by atoms with Crippen molar-refractivity contribution in [2.75, 3.05) is 7.11 Å². The Balaban J connectivity index is 2.76. The number of nitrogens with zero attached hydrogens (tertiary/aromatic N) is 2. The molecule has 0 saturated carbocycles. The number of methoxy groups -OCH3 is 1. The summed E-state index contributed by atoms with van der Waals surface area (Å²) in [6, 6.07) is 0.264. The molecular formula is C3H4N2O2. The molecule has 0 aliphatic rings. The normalized spacial score (nSPS) is 8.71. The van der Waals surface area contributed by atoms with E-state index in [2.05, 4.69) is 19.4 Å². The Morgan fingerprint density at radius 1 is 1.86 bits per heavy atom. The van der Waals surface area contributed by atoms with Crippen LogP contribution >= 0.6 is 0 Å². The highest BCUT2D eigenvalue weighted by Crippen LogP contribution is 1.93. The Hall–Kier alpha value is -1.06. The molecule has 0 fully saturated rings. The first kappa shape index (κ1) is 4.11. The lowest BCUT2D eigenvalue weighted by Gasteiger charge is -1.80. The summed E-state index contributed by atoms with van der Waals surface area (Å²) >= 11 is 0. The van der Waals surface area contributed by atoms with E-state index >= 15 is 0 Å². The topological polar surface area (TPSA) is 48.2 Å². The second-order valence-electron chi connectivity index (χ2n) is 0.918. The molecule has 38 valence electrons. The van der Waals surface area contributed by atoms with Crippen LogP contribution in [0.15, 0.2) is 10.9 Å². The molecule has 0 bridgehead atoms. The fourth-order valence-corrected chi connectivity index (χ4v) is 0.251. The van der Waals surface area contributed by atoms with Gasteiger partial charge in [-0.05, 0) is 5.16 Å². The van der Waals surface area contributed by atoms with Gasteiger partial charge in [0.2, 0.25) is 6.39 Å². The first-order valence-corrected chi connectivity index (χ1v) is 1.74. The van der Waals surface area contributed by atoms with E-state index in [9.17, 15) is 0 Å². The van der Waals surface area contributed by atoms with Gasteiger partial charge in [-0.15, -0.1) is 0 Å². The van der Waals surface area contributed by atoms with Crippen molar-refractivity contribution >= 4 is 0 Å². The Labute approximate surface area is 40.1 Å². The van der Waals surface area contributed by atoms with Gasteiger partial charge >= 0.3 is 6.01 Å². The summed E-state index contributed by atoms with van der Waals surface area (Å²) in [5, 5.41) is 3.33. The molecule has 0 saturated heterocycles. The maximum absolute atomic E-state index is 4.54. The van der Waals surface area contributed by atoms with Gasteiger partial charge in [0.25, 0.3) is 0 Å². The van der Waals surface area contributed by atoms with E-state index in [1.165, 1.54) is 13.5 Å². The second kappa shape index (κ2) is 1.59. The minimum atomic E-state index is 0.264. The zero-order valence-corrected chi connectivity index (χ0v) is 3.79. The molecule has 0 spiro atoms. The van der Waals surface area contributed by atoms with Crippen LogP contribution in [0.2, 0.25) is 0 Å². The minimum Gasteiger partial charge on any atom is -0.465 e. The van der Waals surface area contributed by atoms with Gasteiger partial charge in [0.05, 0.1) is 7.11 Å². The van der Waals surface area contributed by atoms with Gasteiger partial charge in [0.1, 0.15) is 0 Å². The van der Waals surface area contributed by atoms with Crippen molar-refractivity contribution in [1.82, 2.24) is 10.1 Å². The fourth-order valence-electron chi connectivity index (χ4n) is 0.251. The number of aromatic nitrogens is 2. The van der Waals surface area contributed by atoms with Gasteiger partial charge in [-0.2, -0.15) is 4.98 Å². The van der Waals surface area contributed by atoms with Crippen LogP contribution in [0, 0.1) is 0 Å². The highest BCUT2D eigenvalue weighted by atomic mass is 16.5. The third kappa shape index (κ3) is 0.677. The molecule has 1 heterocycles. The van der Waals surface area contributed by atoms with E-state index in [1.54, 1.807) is 0 Å². The Morgan fingerprint density at radius 3 is 3.00 bits per heavy atom. The standard InChI is InChI=1S/C3H4N2O2/c1-6-3-4-2-7-5-3/h2H,1H3.